The molecule has 0 unspecified atom stereocenters. The van der Waals surface area contributed by atoms with Crippen LogP contribution in [0.1, 0.15) is 68.0 Å². The van der Waals surface area contributed by atoms with Gasteiger partial charge in [-0.2, -0.15) is 11.1 Å². The van der Waals surface area contributed by atoms with Crippen molar-refractivity contribution in [3.63, 3.8) is 0 Å². The van der Waals surface area contributed by atoms with Crippen LogP contribution in [0, 0.1) is 11.5 Å². The molecule has 4 heteroatoms. The Morgan fingerprint density at radius 2 is 0.554 bits per heavy atom. The maximum atomic E-state index is 3.44. The van der Waals surface area contributed by atoms with E-state index < -0.39 is 0 Å². The van der Waals surface area contributed by atoms with E-state index in [-0.39, 0.29) is 27.1 Å². The predicted molar refractivity (Wildman–Crippen MR) is 235 cm³/mol. The number of nitrogens with one attached hydrogen (secondary N) is 3. The van der Waals surface area contributed by atoms with Crippen LogP contribution in [0.4, 0.5) is 0 Å². The van der Waals surface area contributed by atoms with E-state index in [4.69, 9.17) is 0 Å². The van der Waals surface area contributed by atoms with Crippen molar-refractivity contribution in [1.82, 2.24) is 16.0 Å². The molecule has 1 aliphatic rings. The predicted octanol–water partition coefficient (Wildman–Crippen LogP) is 12.0. The van der Waals surface area contributed by atoms with Gasteiger partial charge in [0, 0.05) is 61.0 Å². The minimum absolute atomic E-state index is 0. The minimum Gasteiger partial charge on any atom is -0.309 e. The summed E-state index contributed by atoms with van der Waals surface area (Å²) in [6.07, 6.45) is 3.44. The second-order valence-corrected chi connectivity index (χ2v) is 14.3. The quantitative estimate of drug-likeness (QED) is 0.0856. The van der Waals surface area contributed by atoms with Gasteiger partial charge < -0.3 is 16.0 Å². The summed E-state index contributed by atoms with van der Waals surface area (Å²) in [6, 6.07) is 62.7. The molecule has 0 saturated heterocycles. The van der Waals surface area contributed by atoms with Gasteiger partial charge in [0.25, 0.3) is 0 Å². The molecule has 3 N–H and O–H groups in total. The summed E-state index contributed by atoms with van der Waals surface area (Å²) in [6.45, 7) is 16.5. The molecule has 0 bridgehead atoms. The first kappa shape index (κ1) is 45.8. The molecule has 56 heavy (non-hydrogen) atoms. The van der Waals surface area contributed by atoms with E-state index in [1.165, 1.54) is 50.1 Å². The van der Waals surface area contributed by atoms with Gasteiger partial charge >= 0.3 is 0 Å². The van der Waals surface area contributed by atoms with Gasteiger partial charge in [-0.05, 0) is 33.4 Å². The van der Waals surface area contributed by atoms with Crippen LogP contribution >= 0.6 is 0 Å². The van der Waals surface area contributed by atoms with E-state index in [0.717, 1.165) is 39.3 Å². The standard InChI is InChI=1S/3C14H15N.C10H15.Ti/c3*1-3-7-13(8-4-1)11-15-12-14-9-5-2-6-10-14;1-7-6-10(4,5)9(3)8(7)2;/h3*1-10,15H,11-12H2;1-5H3;/q;;;-1;. The average molecular weight is 775 g/mol. The summed E-state index contributed by atoms with van der Waals surface area (Å²) in [5, 5.41) is 10.3. The molecule has 0 aliphatic heterocycles. The summed E-state index contributed by atoms with van der Waals surface area (Å²) >= 11 is 0. The molecule has 0 radical (unpaired) electrons. The monoisotopic (exact) mass is 774 g/mol. The molecule has 3 nitrogen and oxygen atoms in total. The third-order valence-electron chi connectivity index (χ3n) is 9.59. The fourth-order valence-corrected chi connectivity index (χ4v) is 6.03. The van der Waals surface area contributed by atoms with Gasteiger partial charge in [-0.15, -0.1) is 6.92 Å². The van der Waals surface area contributed by atoms with Crippen LogP contribution in [-0.4, -0.2) is 0 Å². The zero-order valence-corrected chi connectivity index (χ0v) is 35.6. The fraction of sp³-hybridized carbons (Fsp3) is 0.231. The SMILES string of the molecule is CC1=[C-]C(C)(C)C(C)=C1C.[Ti].c1ccc(CNCc2ccccc2)cc1.c1ccc(CNCc2ccccc2)cc1.c1ccc(CNCc2ccccc2)cc1. The van der Waals surface area contributed by atoms with Gasteiger partial charge in [0.2, 0.25) is 0 Å². The molecule has 0 atom stereocenters. The normalized spacial score (nSPS) is 12.3. The van der Waals surface area contributed by atoms with Gasteiger partial charge in [-0.3, -0.25) is 6.08 Å². The Morgan fingerprint density at radius 3 is 0.679 bits per heavy atom. The molecule has 6 aromatic rings. The van der Waals surface area contributed by atoms with Crippen LogP contribution in [0.2, 0.25) is 0 Å². The molecule has 0 aromatic heterocycles. The Balaban J connectivity index is 0.000000201. The van der Waals surface area contributed by atoms with Gasteiger partial charge in [-0.25, -0.2) is 5.57 Å². The maximum Gasteiger partial charge on any atom is 0.0208 e. The first-order valence-electron chi connectivity index (χ1n) is 19.5. The van der Waals surface area contributed by atoms with Crippen LogP contribution in [0.3, 0.4) is 0 Å². The van der Waals surface area contributed by atoms with Gasteiger partial charge in [0.15, 0.2) is 0 Å². The number of allylic oxidation sites excluding steroid dienone is 4. The molecule has 7 rings (SSSR count). The largest absolute Gasteiger partial charge is 0.309 e. The number of hydrogen-bond acceptors (Lipinski definition) is 3. The van der Waals surface area contributed by atoms with Crippen LogP contribution in [0.5, 0.6) is 0 Å². The summed E-state index contributed by atoms with van der Waals surface area (Å²) in [4.78, 5) is 0. The topological polar surface area (TPSA) is 36.1 Å². The smallest absolute Gasteiger partial charge is 0.0208 e. The van der Waals surface area contributed by atoms with Crippen LogP contribution in [-0.2, 0) is 61.0 Å². The van der Waals surface area contributed by atoms with Crippen molar-refractivity contribution in [2.45, 2.75) is 73.9 Å². The summed E-state index contributed by atoms with van der Waals surface area (Å²) in [5.74, 6) is 0. The minimum atomic E-state index is 0. The van der Waals surface area contributed by atoms with E-state index in [0.29, 0.717) is 0 Å². The summed E-state index contributed by atoms with van der Waals surface area (Å²) in [5.41, 5.74) is 12.4. The van der Waals surface area contributed by atoms with Crippen molar-refractivity contribution in [2.75, 3.05) is 0 Å². The second kappa shape index (κ2) is 26.3. The van der Waals surface area contributed by atoms with Crippen LogP contribution < -0.4 is 16.0 Å². The van der Waals surface area contributed by atoms with Gasteiger partial charge in [0.1, 0.15) is 0 Å². The first-order valence-corrected chi connectivity index (χ1v) is 19.5. The Kier molecular flexibility index (Phi) is 21.5. The zero-order valence-electron chi connectivity index (χ0n) is 34.1. The van der Waals surface area contributed by atoms with Crippen molar-refractivity contribution < 1.29 is 21.7 Å². The van der Waals surface area contributed by atoms with E-state index in [1.54, 1.807) is 0 Å². The van der Waals surface area contributed by atoms with Crippen LogP contribution in [0.25, 0.3) is 0 Å². The average Bonchev–Trinajstić information content (AvgIpc) is 3.41. The van der Waals surface area contributed by atoms with Gasteiger partial charge in [0.05, 0.1) is 0 Å². The van der Waals surface area contributed by atoms with Crippen molar-refractivity contribution in [1.29, 1.82) is 0 Å². The van der Waals surface area contributed by atoms with Crippen molar-refractivity contribution in [2.24, 2.45) is 5.41 Å². The molecule has 1 aliphatic carbocycles. The first-order chi connectivity index (χ1) is 26.8. The van der Waals surface area contributed by atoms with Crippen molar-refractivity contribution in [3.05, 3.63) is 238 Å². The molecule has 0 fully saturated rings. The number of benzene rings is 6. The van der Waals surface area contributed by atoms with Crippen LogP contribution in [0.15, 0.2) is 199 Å². The Labute approximate surface area is 353 Å². The molecular formula is C52H60N3Ti-. The molecular weight excluding hydrogens is 714 g/mol. The summed E-state index contributed by atoms with van der Waals surface area (Å²) < 4.78 is 0. The number of rotatable bonds is 12. The number of hydrogen-bond donors (Lipinski definition) is 3. The summed E-state index contributed by atoms with van der Waals surface area (Å²) in [7, 11) is 0. The van der Waals surface area contributed by atoms with E-state index >= 15 is 0 Å². The second-order valence-electron chi connectivity index (χ2n) is 14.3. The molecule has 288 valence electrons. The maximum absolute atomic E-state index is 3.44. The molecule has 0 saturated carbocycles. The Hall–Kier alpha value is -4.61. The third-order valence-corrected chi connectivity index (χ3v) is 9.59. The Morgan fingerprint density at radius 1 is 0.357 bits per heavy atom. The van der Waals surface area contributed by atoms with Crippen molar-refractivity contribution >= 4 is 0 Å². The van der Waals surface area contributed by atoms with Gasteiger partial charge in [-0.1, -0.05) is 215 Å². The molecule has 0 amide bonds. The molecule has 0 heterocycles. The fourth-order valence-electron chi connectivity index (χ4n) is 6.03. The van der Waals surface area contributed by atoms with E-state index in [2.05, 4.69) is 202 Å². The third kappa shape index (κ3) is 17.9. The van der Waals surface area contributed by atoms with E-state index in [1.807, 2.05) is 36.4 Å². The zero-order chi connectivity index (χ0) is 39.0. The Bertz CT molecular complexity index is 1630. The van der Waals surface area contributed by atoms with Crippen molar-refractivity contribution in [3.8, 4) is 0 Å². The molecule has 6 aromatic carbocycles. The van der Waals surface area contributed by atoms with E-state index in [9.17, 15) is 0 Å². The molecule has 0 spiro atoms.